The standard InChI is InChI=1S/C29H18N4O7S/c1-2-40-28(39)20(25(36)27(38)33-29-31-16-9-5-6-10-18(16)41-29)22-26(37)32-21-17(30-22)12-11-15-19(21)24(35)14-8-4-3-7-13(14)23(15)34/h3-12,20H,2H2,1H3,(H,32,37)(H,31,33,38)/t20-/m1/s1. The number of hydrogen-bond donors (Lipinski definition) is 2. The monoisotopic (exact) mass is 566 g/mol. The van der Waals surface area contributed by atoms with Gasteiger partial charge in [-0.2, -0.15) is 0 Å². The minimum absolute atomic E-state index is 0.0295. The van der Waals surface area contributed by atoms with Crippen molar-refractivity contribution in [2.24, 2.45) is 0 Å². The van der Waals surface area contributed by atoms with Gasteiger partial charge in [-0.25, -0.2) is 9.97 Å². The van der Waals surface area contributed by atoms with E-state index in [0.29, 0.717) is 5.52 Å². The lowest BCUT2D eigenvalue weighted by Crippen LogP contribution is -2.37. The van der Waals surface area contributed by atoms with Crippen LogP contribution in [0.4, 0.5) is 5.13 Å². The zero-order valence-electron chi connectivity index (χ0n) is 21.2. The van der Waals surface area contributed by atoms with Crippen molar-refractivity contribution >= 4 is 66.9 Å². The number of carbonyl (C=O) groups is 5. The van der Waals surface area contributed by atoms with Gasteiger partial charge in [0.2, 0.25) is 5.78 Å². The number of carbonyl (C=O) groups excluding carboxylic acids is 5. The summed E-state index contributed by atoms with van der Waals surface area (Å²) < 4.78 is 5.78. The largest absolute Gasteiger partial charge is 0.465 e. The highest BCUT2D eigenvalue weighted by Gasteiger charge is 2.39. The molecule has 5 aromatic rings. The van der Waals surface area contributed by atoms with E-state index < -0.39 is 46.4 Å². The number of amides is 1. The fourth-order valence-electron chi connectivity index (χ4n) is 4.73. The van der Waals surface area contributed by atoms with E-state index in [-0.39, 0.29) is 45.0 Å². The first-order chi connectivity index (χ1) is 19.8. The maximum atomic E-state index is 13.3. The van der Waals surface area contributed by atoms with Crippen LogP contribution in [-0.2, 0) is 19.1 Å². The number of Topliss-reactive ketones (excluding diaryl/α,β-unsaturated/α-hetero) is 1. The number of H-pyrrole nitrogens is 1. The number of anilines is 1. The molecule has 12 heteroatoms. The van der Waals surface area contributed by atoms with Gasteiger partial charge in [-0.1, -0.05) is 47.7 Å². The summed E-state index contributed by atoms with van der Waals surface area (Å²) in [5.74, 6) is -6.49. The molecule has 41 heavy (non-hydrogen) atoms. The van der Waals surface area contributed by atoms with E-state index in [4.69, 9.17) is 4.74 Å². The lowest BCUT2D eigenvalue weighted by Gasteiger charge is -2.19. The van der Waals surface area contributed by atoms with Gasteiger partial charge in [0.25, 0.3) is 11.5 Å². The van der Waals surface area contributed by atoms with Crippen LogP contribution in [0.25, 0.3) is 21.3 Å². The Hall–Kier alpha value is -5.36. The predicted octanol–water partition coefficient (Wildman–Crippen LogP) is 3.16. The number of nitrogens with one attached hydrogen (secondary N) is 2. The summed E-state index contributed by atoms with van der Waals surface area (Å²) in [4.78, 5) is 89.9. The molecule has 3 aromatic carbocycles. The van der Waals surface area contributed by atoms with Crippen LogP contribution in [0.5, 0.6) is 0 Å². The van der Waals surface area contributed by atoms with Crippen LogP contribution in [0.1, 0.15) is 50.4 Å². The first-order valence-corrected chi connectivity index (χ1v) is 13.2. The number of fused-ring (bicyclic) bond motifs is 5. The molecule has 0 saturated carbocycles. The highest BCUT2D eigenvalue weighted by molar-refractivity contribution is 7.22. The number of ether oxygens (including phenoxy) is 1. The highest BCUT2D eigenvalue weighted by Crippen LogP contribution is 2.31. The Morgan fingerprint density at radius 1 is 0.878 bits per heavy atom. The molecule has 0 radical (unpaired) electrons. The molecule has 1 aliphatic carbocycles. The third-order valence-electron chi connectivity index (χ3n) is 6.58. The smallest absolute Gasteiger partial charge is 0.323 e. The maximum Gasteiger partial charge on any atom is 0.323 e. The number of aromatic nitrogens is 3. The molecular weight excluding hydrogens is 548 g/mol. The second-order valence-corrected chi connectivity index (χ2v) is 10.1. The first-order valence-electron chi connectivity index (χ1n) is 12.4. The molecule has 2 N–H and O–H groups in total. The van der Waals surface area contributed by atoms with Crippen molar-refractivity contribution in [1.29, 1.82) is 0 Å². The summed E-state index contributed by atoms with van der Waals surface area (Å²) in [6.07, 6.45) is 0. The van der Waals surface area contributed by atoms with E-state index in [1.807, 2.05) is 0 Å². The molecule has 0 spiro atoms. The molecule has 202 valence electrons. The van der Waals surface area contributed by atoms with E-state index in [1.165, 1.54) is 25.1 Å². The Kier molecular flexibility index (Phi) is 6.31. The van der Waals surface area contributed by atoms with Gasteiger partial charge in [0.05, 0.1) is 33.4 Å². The van der Waals surface area contributed by atoms with Crippen molar-refractivity contribution in [1.82, 2.24) is 15.0 Å². The van der Waals surface area contributed by atoms with Crippen LogP contribution in [-0.4, -0.2) is 50.8 Å². The lowest BCUT2D eigenvalue weighted by atomic mass is 9.83. The van der Waals surface area contributed by atoms with Crippen LogP contribution in [0.2, 0.25) is 0 Å². The van der Waals surface area contributed by atoms with Gasteiger partial charge in [-0.3, -0.25) is 34.1 Å². The van der Waals surface area contributed by atoms with Crippen LogP contribution in [0.15, 0.2) is 65.5 Å². The summed E-state index contributed by atoms with van der Waals surface area (Å²) in [5.41, 5.74) is -0.523. The van der Waals surface area contributed by atoms with Crippen molar-refractivity contribution in [3.63, 3.8) is 0 Å². The molecule has 1 atom stereocenters. The molecule has 0 bridgehead atoms. The van der Waals surface area contributed by atoms with Gasteiger partial charge >= 0.3 is 5.97 Å². The third kappa shape index (κ3) is 4.30. The average molecular weight is 567 g/mol. The van der Waals surface area contributed by atoms with E-state index in [9.17, 15) is 28.8 Å². The van der Waals surface area contributed by atoms with Crippen LogP contribution >= 0.6 is 11.3 Å². The summed E-state index contributed by atoms with van der Waals surface area (Å²) >= 11 is 1.13. The summed E-state index contributed by atoms with van der Waals surface area (Å²) in [6, 6.07) is 16.2. The van der Waals surface area contributed by atoms with Crippen molar-refractivity contribution in [2.45, 2.75) is 12.8 Å². The zero-order valence-corrected chi connectivity index (χ0v) is 22.0. The van der Waals surface area contributed by atoms with Gasteiger partial charge in [-0.05, 0) is 31.2 Å². The molecule has 0 fully saturated rings. The van der Waals surface area contributed by atoms with Crippen LogP contribution < -0.4 is 10.9 Å². The van der Waals surface area contributed by atoms with Crippen molar-refractivity contribution in [2.75, 3.05) is 11.9 Å². The second-order valence-electron chi connectivity index (χ2n) is 9.03. The topological polar surface area (TPSA) is 165 Å². The minimum atomic E-state index is -1.99. The Morgan fingerprint density at radius 2 is 1.59 bits per heavy atom. The number of thiazole rings is 1. The van der Waals surface area contributed by atoms with Crippen LogP contribution in [0.3, 0.4) is 0 Å². The van der Waals surface area contributed by atoms with Crippen molar-refractivity contribution in [3.05, 3.63) is 99.0 Å². The molecule has 1 aliphatic rings. The van der Waals surface area contributed by atoms with Crippen LogP contribution in [0, 0.1) is 0 Å². The number of benzene rings is 3. The van der Waals surface area contributed by atoms with Gasteiger partial charge in [0.1, 0.15) is 5.69 Å². The molecule has 2 aromatic heterocycles. The normalized spacial score (nSPS) is 13.0. The first kappa shape index (κ1) is 25.9. The molecule has 6 rings (SSSR count). The van der Waals surface area contributed by atoms with Crippen molar-refractivity contribution < 1.29 is 28.7 Å². The Bertz CT molecular complexity index is 1990. The number of para-hydroxylation sites is 1. The molecule has 0 aliphatic heterocycles. The predicted molar refractivity (Wildman–Crippen MR) is 148 cm³/mol. The maximum absolute atomic E-state index is 13.3. The van der Waals surface area contributed by atoms with Gasteiger partial charge in [0, 0.05) is 16.7 Å². The van der Waals surface area contributed by atoms with E-state index in [2.05, 4.69) is 20.3 Å². The second kappa shape index (κ2) is 9.99. The lowest BCUT2D eigenvalue weighted by molar-refractivity contribution is -0.150. The number of ketones is 3. The number of aromatic amines is 1. The van der Waals surface area contributed by atoms with Crippen molar-refractivity contribution in [3.8, 4) is 0 Å². The molecule has 0 saturated heterocycles. The molecule has 11 nitrogen and oxygen atoms in total. The Labute approximate surface area is 234 Å². The number of nitrogens with zero attached hydrogens (tertiary/aromatic N) is 2. The SMILES string of the molecule is CCOC(=O)[C@@H](C(=O)C(=O)Nc1nc2ccccc2s1)c1nc2ccc3c(c2[nH]c1=O)C(=O)c1ccccc1C3=O. The molecule has 2 heterocycles. The molecule has 1 amide bonds. The summed E-state index contributed by atoms with van der Waals surface area (Å²) in [5, 5.41) is 2.51. The number of rotatable bonds is 6. The minimum Gasteiger partial charge on any atom is -0.465 e. The third-order valence-corrected chi connectivity index (χ3v) is 7.53. The quantitative estimate of drug-likeness (QED) is 0.175. The Balaban J connectivity index is 1.41. The summed E-state index contributed by atoms with van der Waals surface area (Å²) in [6.45, 7) is 1.38. The zero-order chi connectivity index (χ0) is 28.8. The average Bonchev–Trinajstić information content (AvgIpc) is 3.38. The van der Waals surface area contributed by atoms with Gasteiger partial charge < -0.3 is 9.72 Å². The van der Waals surface area contributed by atoms with Gasteiger partial charge in [-0.15, -0.1) is 0 Å². The van der Waals surface area contributed by atoms with E-state index in [0.717, 1.165) is 16.0 Å². The van der Waals surface area contributed by atoms with E-state index in [1.54, 1.807) is 42.5 Å². The Morgan fingerprint density at radius 3 is 2.32 bits per heavy atom. The molecular formula is C29H18N4O7S. The van der Waals surface area contributed by atoms with E-state index >= 15 is 0 Å². The number of esters is 1. The highest BCUT2D eigenvalue weighted by atomic mass is 32.1. The van der Waals surface area contributed by atoms with Gasteiger partial charge in [0.15, 0.2) is 22.6 Å². The summed E-state index contributed by atoms with van der Waals surface area (Å²) in [7, 11) is 0. The number of hydrogen-bond acceptors (Lipinski definition) is 10. The fourth-order valence-corrected chi connectivity index (χ4v) is 5.59. The fraction of sp³-hybridized carbons (Fsp3) is 0.103. The molecule has 0 unspecified atom stereocenters.